The van der Waals surface area contributed by atoms with Crippen molar-refractivity contribution in [1.29, 1.82) is 0 Å². The molecule has 0 aliphatic carbocycles. The molecule has 4 rings (SSSR count). The second-order valence-corrected chi connectivity index (χ2v) is 5.86. The predicted octanol–water partition coefficient (Wildman–Crippen LogP) is 3.77. The maximum atomic E-state index is 13.1. The van der Waals surface area contributed by atoms with Crippen LogP contribution in [-0.2, 0) is 13.5 Å². The van der Waals surface area contributed by atoms with Crippen LogP contribution in [0, 0.1) is 0 Å². The molecule has 1 aromatic heterocycles. The Kier molecular flexibility index (Phi) is 3.00. The number of carbonyl (C=O) groups is 1. The zero-order chi connectivity index (χ0) is 15.1. The largest absolute Gasteiger partial charge is 0.350 e. The molecule has 0 saturated carbocycles. The fourth-order valence-electron chi connectivity index (χ4n) is 3.40. The van der Waals surface area contributed by atoms with E-state index in [1.54, 1.807) is 0 Å². The van der Waals surface area contributed by atoms with Crippen LogP contribution in [0.3, 0.4) is 0 Å². The predicted molar refractivity (Wildman–Crippen MR) is 89.4 cm³/mol. The molecular weight excluding hydrogens is 272 g/mol. The van der Waals surface area contributed by atoms with E-state index >= 15 is 0 Å². The van der Waals surface area contributed by atoms with Gasteiger partial charge in [-0.15, -0.1) is 0 Å². The lowest BCUT2D eigenvalue weighted by molar-refractivity contribution is 0.0986. The second-order valence-electron chi connectivity index (χ2n) is 5.86. The lowest BCUT2D eigenvalue weighted by atomic mass is 10.0. The molecule has 22 heavy (non-hydrogen) atoms. The Hall–Kier alpha value is -2.55. The number of benzene rings is 2. The quantitative estimate of drug-likeness (QED) is 0.669. The van der Waals surface area contributed by atoms with E-state index in [2.05, 4.69) is 18.2 Å². The summed E-state index contributed by atoms with van der Waals surface area (Å²) in [5.74, 6) is 0.101. The van der Waals surface area contributed by atoms with Crippen LogP contribution in [0.5, 0.6) is 0 Å². The molecule has 3 nitrogen and oxygen atoms in total. The molecule has 0 fully saturated rings. The van der Waals surface area contributed by atoms with E-state index in [1.165, 1.54) is 5.56 Å². The van der Waals surface area contributed by atoms with Crippen molar-refractivity contribution >= 4 is 22.5 Å². The van der Waals surface area contributed by atoms with Crippen LogP contribution < -0.4 is 4.90 Å². The van der Waals surface area contributed by atoms with Crippen molar-refractivity contribution in [1.82, 2.24) is 4.57 Å². The first kappa shape index (κ1) is 13.1. The van der Waals surface area contributed by atoms with Crippen molar-refractivity contribution in [2.24, 2.45) is 7.05 Å². The van der Waals surface area contributed by atoms with Crippen molar-refractivity contribution in [2.75, 3.05) is 11.4 Å². The summed E-state index contributed by atoms with van der Waals surface area (Å²) in [5.41, 5.74) is 4.21. The van der Waals surface area contributed by atoms with E-state index in [1.807, 2.05) is 53.0 Å². The van der Waals surface area contributed by atoms with Crippen LogP contribution >= 0.6 is 0 Å². The Morgan fingerprint density at radius 1 is 1.05 bits per heavy atom. The third-order valence-corrected chi connectivity index (χ3v) is 4.48. The van der Waals surface area contributed by atoms with Crippen LogP contribution in [0.4, 0.5) is 5.69 Å². The molecule has 2 heterocycles. The smallest absolute Gasteiger partial charge is 0.260 e. The average Bonchev–Trinajstić information content (AvgIpc) is 2.91. The van der Waals surface area contributed by atoms with Crippen molar-refractivity contribution in [3.63, 3.8) is 0 Å². The summed E-state index contributed by atoms with van der Waals surface area (Å²) in [6.07, 6.45) is 4.02. The molecule has 0 unspecified atom stereocenters. The molecule has 0 radical (unpaired) electrons. The highest BCUT2D eigenvalue weighted by Gasteiger charge is 2.25. The second kappa shape index (κ2) is 5.02. The first-order valence-electron chi connectivity index (χ1n) is 7.69. The number of hydrogen-bond donors (Lipinski definition) is 0. The number of amides is 1. The summed E-state index contributed by atoms with van der Waals surface area (Å²) in [7, 11) is 1.99. The van der Waals surface area contributed by atoms with Crippen LogP contribution in [0.15, 0.2) is 54.7 Å². The summed E-state index contributed by atoms with van der Waals surface area (Å²) in [4.78, 5) is 15.0. The van der Waals surface area contributed by atoms with Gasteiger partial charge in [-0.3, -0.25) is 4.79 Å². The van der Waals surface area contributed by atoms with Gasteiger partial charge in [0.05, 0.1) is 5.56 Å². The van der Waals surface area contributed by atoms with E-state index in [0.29, 0.717) is 0 Å². The standard InChI is InChI=1S/C19H18N2O/c1-20-13-16(15-9-3-5-11-18(15)20)19(22)21-12-6-8-14-7-2-4-10-17(14)21/h2-5,7,9-11,13H,6,8,12H2,1H3. The molecule has 0 atom stereocenters. The lowest BCUT2D eigenvalue weighted by Crippen LogP contribution is -2.35. The van der Waals surface area contributed by atoms with E-state index in [4.69, 9.17) is 0 Å². The first-order chi connectivity index (χ1) is 10.8. The molecule has 3 heteroatoms. The first-order valence-corrected chi connectivity index (χ1v) is 7.69. The van der Waals surface area contributed by atoms with E-state index in [9.17, 15) is 4.79 Å². The normalized spacial score (nSPS) is 14.1. The minimum absolute atomic E-state index is 0.101. The molecule has 0 spiro atoms. The van der Waals surface area contributed by atoms with Gasteiger partial charge in [0.25, 0.3) is 5.91 Å². The van der Waals surface area contributed by atoms with Gasteiger partial charge in [0.1, 0.15) is 0 Å². The van der Waals surface area contributed by atoms with Gasteiger partial charge in [-0.1, -0.05) is 36.4 Å². The zero-order valence-corrected chi connectivity index (χ0v) is 12.6. The maximum Gasteiger partial charge on any atom is 0.260 e. The fraction of sp³-hybridized carbons (Fsp3) is 0.211. The summed E-state index contributed by atoms with van der Waals surface area (Å²) in [6.45, 7) is 0.791. The highest BCUT2D eigenvalue weighted by Crippen LogP contribution is 2.30. The van der Waals surface area contributed by atoms with Gasteiger partial charge in [-0.2, -0.15) is 0 Å². The summed E-state index contributed by atoms with van der Waals surface area (Å²) >= 11 is 0. The van der Waals surface area contributed by atoms with Crippen molar-refractivity contribution < 1.29 is 4.79 Å². The van der Waals surface area contributed by atoms with Gasteiger partial charge >= 0.3 is 0 Å². The number of aryl methyl sites for hydroxylation is 2. The average molecular weight is 290 g/mol. The molecule has 3 aromatic rings. The maximum absolute atomic E-state index is 13.1. The minimum Gasteiger partial charge on any atom is -0.350 e. The van der Waals surface area contributed by atoms with Gasteiger partial charge in [0.15, 0.2) is 0 Å². The minimum atomic E-state index is 0.101. The Morgan fingerprint density at radius 3 is 2.73 bits per heavy atom. The topological polar surface area (TPSA) is 25.2 Å². The monoisotopic (exact) mass is 290 g/mol. The lowest BCUT2D eigenvalue weighted by Gasteiger charge is -2.29. The Morgan fingerprint density at radius 2 is 1.82 bits per heavy atom. The zero-order valence-electron chi connectivity index (χ0n) is 12.6. The third kappa shape index (κ3) is 1.93. The highest BCUT2D eigenvalue weighted by atomic mass is 16.2. The molecule has 0 N–H and O–H groups in total. The number of nitrogens with zero attached hydrogens (tertiary/aromatic N) is 2. The summed E-state index contributed by atoms with van der Waals surface area (Å²) in [5, 5.41) is 1.03. The van der Waals surface area contributed by atoms with Crippen molar-refractivity contribution in [3.8, 4) is 0 Å². The van der Waals surface area contributed by atoms with Crippen LogP contribution in [0.25, 0.3) is 10.9 Å². The van der Waals surface area contributed by atoms with E-state index in [0.717, 1.165) is 41.5 Å². The molecule has 0 saturated heterocycles. The Labute approximate surface area is 129 Å². The van der Waals surface area contributed by atoms with E-state index in [-0.39, 0.29) is 5.91 Å². The van der Waals surface area contributed by atoms with Crippen LogP contribution in [0.1, 0.15) is 22.3 Å². The molecule has 1 aliphatic heterocycles. The van der Waals surface area contributed by atoms with Crippen LogP contribution in [0.2, 0.25) is 0 Å². The number of fused-ring (bicyclic) bond motifs is 2. The molecule has 0 bridgehead atoms. The summed E-state index contributed by atoms with van der Waals surface area (Å²) < 4.78 is 2.03. The third-order valence-electron chi connectivity index (χ3n) is 4.48. The summed E-state index contributed by atoms with van der Waals surface area (Å²) in [6, 6.07) is 16.3. The fourth-order valence-corrected chi connectivity index (χ4v) is 3.40. The SMILES string of the molecule is Cn1cc(C(=O)N2CCCc3ccccc32)c2ccccc21. The van der Waals surface area contributed by atoms with Gasteiger partial charge in [0, 0.05) is 36.4 Å². The number of para-hydroxylation sites is 2. The van der Waals surface area contributed by atoms with Gasteiger partial charge in [-0.05, 0) is 30.5 Å². The number of hydrogen-bond acceptors (Lipinski definition) is 1. The number of carbonyl (C=O) groups excluding carboxylic acids is 1. The molecule has 1 amide bonds. The Bertz CT molecular complexity index is 863. The molecular formula is C19H18N2O. The highest BCUT2D eigenvalue weighted by molar-refractivity contribution is 6.14. The van der Waals surface area contributed by atoms with Crippen molar-refractivity contribution in [3.05, 3.63) is 65.9 Å². The number of aromatic nitrogens is 1. The van der Waals surface area contributed by atoms with Crippen molar-refractivity contribution in [2.45, 2.75) is 12.8 Å². The van der Waals surface area contributed by atoms with E-state index < -0.39 is 0 Å². The number of rotatable bonds is 1. The number of anilines is 1. The van der Waals surface area contributed by atoms with Crippen LogP contribution in [-0.4, -0.2) is 17.0 Å². The molecule has 2 aromatic carbocycles. The van der Waals surface area contributed by atoms with Gasteiger partial charge in [-0.25, -0.2) is 0 Å². The van der Waals surface area contributed by atoms with Gasteiger partial charge < -0.3 is 9.47 Å². The van der Waals surface area contributed by atoms with Gasteiger partial charge in [0.2, 0.25) is 0 Å². The Balaban J connectivity index is 1.82. The molecule has 110 valence electrons. The molecule has 1 aliphatic rings.